The summed E-state index contributed by atoms with van der Waals surface area (Å²) in [6.07, 6.45) is -6.27. The number of carbonyl (C=O) groups is 1. The van der Waals surface area contributed by atoms with Gasteiger partial charge in [0, 0.05) is 6.42 Å². The van der Waals surface area contributed by atoms with Gasteiger partial charge in [0.25, 0.3) is 10.0 Å². The third-order valence-corrected chi connectivity index (χ3v) is 12.3. The van der Waals surface area contributed by atoms with Crippen molar-refractivity contribution in [3.63, 3.8) is 0 Å². The number of sulfonamides is 1. The maximum atomic E-state index is 13.3. The van der Waals surface area contributed by atoms with E-state index < -0.39 is 56.3 Å². The highest BCUT2D eigenvalue weighted by Crippen LogP contribution is 2.64. The summed E-state index contributed by atoms with van der Waals surface area (Å²) in [5, 5.41) is 11.2. The number of hydrogen-bond acceptors (Lipinski definition) is 4. The molecule has 0 aromatic heterocycles. The topological polar surface area (TPSA) is 86.6 Å². The smallest absolute Gasteiger partial charge is 0.460 e. The van der Waals surface area contributed by atoms with Gasteiger partial charge in [-0.25, -0.2) is 8.42 Å². The molecular formula is C32H30F7NO4S2. The molecule has 5 rings (SSSR count). The van der Waals surface area contributed by atoms with E-state index in [-0.39, 0.29) is 29.7 Å². The number of fused-ring (bicyclic) bond motifs is 2. The zero-order chi connectivity index (χ0) is 34.2. The minimum Gasteiger partial charge on any atom is -0.857 e. The molecule has 2 aliphatic rings. The van der Waals surface area contributed by atoms with Gasteiger partial charge in [-0.1, -0.05) is 68.4 Å². The van der Waals surface area contributed by atoms with Gasteiger partial charge < -0.3 is 5.11 Å². The van der Waals surface area contributed by atoms with Gasteiger partial charge in [0.1, 0.15) is 5.78 Å². The van der Waals surface area contributed by atoms with Crippen LogP contribution >= 0.6 is 0 Å². The predicted molar refractivity (Wildman–Crippen MR) is 157 cm³/mol. The average Bonchev–Trinajstić information content (AvgIpc) is 3.32. The SMILES string of the molecule is CC1(C)C2CCC1(CS(=O)(=O)N=C([O-])C(F)(F)C(F)(F)C(F)(F)F)C(=O)C2.c1ccc([S+](c2ccccc2)c2ccccc2)cc1. The van der Waals surface area contributed by atoms with Gasteiger partial charge in [0.15, 0.2) is 14.7 Å². The zero-order valence-corrected chi connectivity index (χ0v) is 26.2. The normalized spacial score (nSPS) is 21.7. The summed E-state index contributed by atoms with van der Waals surface area (Å²) in [6, 6.07) is 32.2. The van der Waals surface area contributed by atoms with E-state index in [0.717, 1.165) is 0 Å². The summed E-state index contributed by atoms with van der Waals surface area (Å²) in [4.78, 5) is 16.3. The first-order valence-corrected chi connectivity index (χ1v) is 16.9. The molecule has 0 spiro atoms. The number of nitrogens with zero attached hydrogens (tertiary/aromatic N) is 1. The Morgan fingerprint density at radius 3 is 1.57 bits per heavy atom. The Morgan fingerprint density at radius 2 is 1.24 bits per heavy atom. The lowest BCUT2D eigenvalue weighted by molar-refractivity contribution is -0.357. The van der Waals surface area contributed by atoms with Gasteiger partial charge in [-0.2, -0.15) is 35.1 Å². The van der Waals surface area contributed by atoms with Crippen molar-refractivity contribution in [1.82, 2.24) is 0 Å². The monoisotopic (exact) mass is 689 g/mol. The van der Waals surface area contributed by atoms with Crippen LogP contribution in [0.3, 0.4) is 0 Å². The van der Waals surface area contributed by atoms with Crippen molar-refractivity contribution in [2.24, 2.45) is 21.1 Å². The first kappa shape index (κ1) is 35.5. The third kappa shape index (κ3) is 6.55. The Bertz CT molecular complexity index is 1570. The molecule has 46 heavy (non-hydrogen) atoms. The zero-order valence-electron chi connectivity index (χ0n) is 24.6. The van der Waals surface area contributed by atoms with Crippen LogP contribution in [-0.4, -0.2) is 43.9 Å². The molecular weight excluding hydrogens is 659 g/mol. The van der Waals surface area contributed by atoms with Gasteiger partial charge in [-0.3, -0.25) is 4.79 Å². The van der Waals surface area contributed by atoms with Crippen molar-refractivity contribution < 1.29 is 49.1 Å². The maximum Gasteiger partial charge on any atom is 0.460 e. The van der Waals surface area contributed by atoms with Crippen LogP contribution in [0.4, 0.5) is 30.7 Å². The minimum absolute atomic E-state index is 0.0146. The fourth-order valence-electron chi connectivity index (χ4n) is 6.03. The van der Waals surface area contributed by atoms with E-state index >= 15 is 0 Å². The number of Topliss-reactive ketones (excluding diaryl/α,β-unsaturated/α-hetero) is 1. The van der Waals surface area contributed by atoms with Crippen LogP contribution in [-0.2, 0) is 25.7 Å². The number of benzene rings is 3. The summed E-state index contributed by atoms with van der Waals surface area (Å²) in [6.45, 7) is 3.14. The van der Waals surface area contributed by atoms with Crippen LogP contribution in [0.5, 0.6) is 0 Å². The first-order valence-electron chi connectivity index (χ1n) is 14.0. The molecule has 2 aliphatic carbocycles. The minimum atomic E-state index is -6.81. The molecule has 14 heteroatoms. The molecule has 0 saturated heterocycles. The highest BCUT2D eigenvalue weighted by atomic mass is 32.2. The number of alkyl halides is 7. The molecule has 0 amide bonds. The Labute approximate surface area is 265 Å². The number of hydrogen-bond donors (Lipinski definition) is 0. The van der Waals surface area contributed by atoms with Gasteiger partial charge in [-0.05, 0) is 60.6 Å². The number of halogens is 7. The van der Waals surface area contributed by atoms with E-state index in [4.69, 9.17) is 0 Å². The van der Waals surface area contributed by atoms with Crippen LogP contribution in [0, 0.1) is 16.7 Å². The second kappa shape index (κ2) is 12.7. The van der Waals surface area contributed by atoms with Crippen LogP contribution in [0.15, 0.2) is 110 Å². The average molecular weight is 690 g/mol. The highest BCUT2D eigenvalue weighted by Gasteiger charge is 2.73. The van der Waals surface area contributed by atoms with Gasteiger partial charge in [-0.15, -0.1) is 0 Å². The maximum absolute atomic E-state index is 13.3. The Morgan fingerprint density at radius 1 is 0.826 bits per heavy atom. The third-order valence-electron chi connectivity index (χ3n) is 8.75. The van der Waals surface area contributed by atoms with Gasteiger partial charge >= 0.3 is 18.0 Å². The van der Waals surface area contributed by atoms with E-state index in [9.17, 15) is 49.1 Å². The summed E-state index contributed by atoms with van der Waals surface area (Å²) in [7, 11) is -5.24. The van der Waals surface area contributed by atoms with Crippen molar-refractivity contribution >= 4 is 32.6 Å². The Balaban J connectivity index is 0.000000221. The Kier molecular flexibility index (Phi) is 9.76. The molecule has 0 N–H and O–H groups in total. The van der Waals surface area contributed by atoms with E-state index in [0.29, 0.717) is 6.42 Å². The quantitative estimate of drug-likeness (QED) is 0.110. The molecule has 248 valence electrons. The van der Waals surface area contributed by atoms with Crippen LogP contribution in [0.2, 0.25) is 0 Å². The summed E-state index contributed by atoms with van der Waals surface area (Å²) in [5.41, 5.74) is -2.43. The summed E-state index contributed by atoms with van der Waals surface area (Å²) in [5.74, 6) is -18.5. The molecule has 3 aromatic rings. The summed E-state index contributed by atoms with van der Waals surface area (Å²) < 4.78 is 115. The molecule has 5 nitrogen and oxygen atoms in total. The molecule has 0 aliphatic heterocycles. The second-order valence-corrected chi connectivity index (χ2v) is 15.3. The number of rotatable bonds is 8. The molecule has 2 atom stereocenters. The lowest BCUT2D eigenvalue weighted by Crippen LogP contribution is -2.59. The molecule has 3 aromatic carbocycles. The van der Waals surface area contributed by atoms with Crippen molar-refractivity contribution in [2.75, 3.05) is 5.75 Å². The number of ketones is 1. The lowest BCUT2D eigenvalue weighted by atomic mass is 9.70. The second-order valence-electron chi connectivity index (χ2n) is 11.7. The summed E-state index contributed by atoms with van der Waals surface area (Å²) >= 11 is 0. The van der Waals surface area contributed by atoms with E-state index in [1.807, 2.05) is 4.40 Å². The number of carbonyl (C=O) groups excluding carboxylic acids is 1. The van der Waals surface area contributed by atoms with E-state index in [2.05, 4.69) is 91.0 Å². The van der Waals surface area contributed by atoms with Crippen molar-refractivity contribution in [3.8, 4) is 0 Å². The first-order chi connectivity index (χ1) is 21.3. The van der Waals surface area contributed by atoms with Crippen LogP contribution in [0.25, 0.3) is 0 Å². The van der Waals surface area contributed by atoms with Crippen molar-refractivity contribution in [1.29, 1.82) is 0 Å². The molecule has 2 fully saturated rings. The van der Waals surface area contributed by atoms with Crippen molar-refractivity contribution in [3.05, 3.63) is 91.0 Å². The van der Waals surface area contributed by atoms with E-state index in [1.54, 1.807) is 13.8 Å². The predicted octanol–water partition coefficient (Wildman–Crippen LogP) is 7.09. The van der Waals surface area contributed by atoms with E-state index in [1.165, 1.54) is 14.7 Å². The standard InChI is InChI=1S/C18H15S.C14H16F7NO4S/c1-4-10-16(11-5-1)19(17-12-6-2-7-13-17)18-14-8-3-9-15-18;1-10(2)7-3-4-11(10,8(23)5-7)6-27(25,26)22-9(24)12(15,16)13(17,18)14(19,20)21/h1-15H;7H,3-6H2,1-2H3,(H,22,24)/q+1;/p-1. The van der Waals surface area contributed by atoms with Crippen LogP contribution in [0.1, 0.15) is 33.1 Å². The highest BCUT2D eigenvalue weighted by molar-refractivity contribution is 7.97. The van der Waals surface area contributed by atoms with Gasteiger partial charge in [0.2, 0.25) is 0 Å². The van der Waals surface area contributed by atoms with Gasteiger partial charge in [0.05, 0.1) is 28.0 Å². The molecule has 2 unspecified atom stereocenters. The lowest BCUT2D eigenvalue weighted by Gasteiger charge is -2.36. The fraction of sp³-hybridized carbons (Fsp3) is 0.375. The van der Waals surface area contributed by atoms with Crippen molar-refractivity contribution in [2.45, 2.75) is 65.8 Å². The molecule has 2 bridgehead atoms. The molecule has 2 saturated carbocycles. The largest absolute Gasteiger partial charge is 0.857 e. The van der Waals surface area contributed by atoms with Crippen LogP contribution < -0.4 is 5.11 Å². The molecule has 0 radical (unpaired) electrons. The Hall–Kier alpha value is -3.39. The fourth-order valence-corrected chi connectivity index (χ4v) is 9.86. The molecule has 0 heterocycles.